The summed E-state index contributed by atoms with van der Waals surface area (Å²) in [5.41, 5.74) is 12.6. The van der Waals surface area contributed by atoms with Gasteiger partial charge in [-0.3, -0.25) is 0 Å². The zero-order chi connectivity index (χ0) is 39.9. The van der Waals surface area contributed by atoms with Gasteiger partial charge in [0, 0.05) is 0 Å². The number of rotatable bonds is 4. The predicted molar refractivity (Wildman–Crippen MR) is 260 cm³/mol. The quantitative estimate of drug-likeness (QED) is 0.157. The van der Waals surface area contributed by atoms with Crippen LogP contribution in [0.5, 0.6) is 0 Å². The van der Waals surface area contributed by atoms with Crippen LogP contribution in [0, 0.1) is 13.8 Å². The molecule has 0 spiro atoms. The van der Waals surface area contributed by atoms with Crippen molar-refractivity contribution in [1.82, 2.24) is 0 Å². The van der Waals surface area contributed by atoms with Gasteiger partial charge in [0.15, 0.2) is 0 Å². The van der Waals surface area contributed by atoms with Gasteiger partial charge in [-0.05, 0) is 181 Å². The first-order chi connectivity index (χ1) is 29.6. The van der Waals surface area contributed by atoms with Crippen LogP contribution in [0.15, 0.2) is 206 Å². The second kappa shape index (κ2) is 13.5. The van der Waals surface area contributed by atoms with Crippen LogP contribution in [0.3, 0.4) is 0 Å². The van der Waals surface area contributed by atoms with Gasteiger partial charge >= 0.3 is 0 Å². The maximum atomic E-state index is 2.49. The van der Waals surface area contributed by atoms with E-state index in [1.54, 1.807) is 0 Å². The van der Waals surface area contributed by atoms with Crippen LogP contribution in [0.25, 0.3) is 120 Å². The first-order valence-corrected chi connectivity index (χ1v) is 21.0. The molecule has 0 atom stereocenters. The van der Waals surface area contributed by atoms with Crippen molar-refractivity contribution in [2.45, 2.75) is 13.8 Å². The molecule has 0 aromatic heterocycles. The number of fused-ring (bicyclic) bond motifs is 9. The molecule has 0 saturated heterocycles. The van der Waals surface area contributed by atoms with E-state index in [4.69, 9.17) is 0 Å². The minimum Gasteiger partial charge on any atom is -0.0616 e. The molecule has 0 saturated carbocycles. The monoisotopic (exact) mass is 760 g/mol. The van der Waals surface area contributed by atoms with Gasteiger partial charge in [-0.1, -0.05) is 170 Å². The third-order valence-electron chi connectivity index (χ3n) is 13.0. The molecule has 0 aliphatic rings. The summed E-state index contributed by atoms with van der Waals surface area (Å²) in [5.74, 6) is 0. The van der Waals surface area contributed by atoms with Gasteiger partial charge in [0.05, 0.1) is 0 Å². The molecular weight excluding hydrogens is 721 g/mol. The molecular formula is C60H40. The van der Waals surface area contributed by atoms with Gasteiger partial charge in [-0.25, -0.2) is 0 Å². The molecule has 0 bridgehead atoms. The highest BCUT2D eigenvalue weighted by atomic mass is 14.2. The standard InChI is InChI=1S/C60H40/c1-37-19-21-40-12-5-7-15-49(40)59(37)57-35-56-53-30-29-48(47-28-27-45-32-44(25-26-46(45)33-47)43-24-23-39-11-3-4-14-42(39)31-43)34-54(53)58(36-55(56)51-17-9-10-18-52(51)57)60-38(2)20-22-41-13-6-8-16-50(41)60/h3-36H,1-2H3. The normalized spacial score (nSPS) is 11.8. The van der Waals surface area contributed by atoms with Gasteiger partial charge < -0.3 is 0 Å². The lowest BCUT2D eigenvalue weighted by atomic mass is 9.83. The molecule has 0 radical (unpaired) electrons. The Morgan fingerprint density at radius 1 is 0.217 bits per heavy atom. The second-order valence-electron chi connectivity index (χ2n) is 16.5. The van der Waals surface area contributed by atoms with E-state index >= 15 is 0 Å². The second-order valence-corrected chi connectivity index (χ2v) is 16.5. The number of hydrogen-bond donors (Lipinski definition) is 0. The van der Waals surface area contributed by atoms with Crippen molar-refractivity contribution in [3.05, 3.63) is 217 Å². The van der Waals surface area contributed by atoms with E-state index in [0.717, 1.165) is 0 Å². The maximum Gasteiger partial charge on any atom is -0.00697 e. The molecule has 280 valence electrons. The maximum absolute atomic E-state index is 2.49. The summed E-state index contributed by atoms with van der Waals surface area (Å²) in [4.78, 5) is 0. The lowest BCUT2D eigenvalue weighted by Crippen LogP contribution is -1.93. The van der Waals surface area contributed by atoms with Gasteiger partial charge in [0.25, 0.3) is 0 Å². The van der Waals surface area contributed by atoms with Crippen LogP contribution < -0.4 is 0 Å². The van der Waals surface area contributed by atoms with Crippen molar-refractivity contribution in [3.63, 3.8) is 0 Å². The molecule has 60 heavy (non-hydrogen) atoms. The number of benzene rings is 12. The lowest BCUT2D eigenvalue weighted by Gasteiger charge is -2.20. The topological polar surface area (TPSA) is 0 Å². The van der Waals surface area contributed by atoms with E-state index in [1.165, 1.54) is 131 Å². The Morgan fingerprint density at radius 2 is 0.583 bits per heavy atom. The van der Waals surface area contributed by atoms with Gasteiger partial charge in [-0.2, -0.15) is 0 Å². The molecule has 0 aliphatic heterocycles. The molecule has 12 rings (SSSR count). The van der Waals surface area contributed by atoms with Crippen LogP contribution in [-0.4, -0.2) is 0 Å². The first-order valence-electron chi connectivity index (χ1n) is 21.0. The Bertz CT molecular complexity index is 3730. The molecule has 0 fully saturated rings. The smallest absolute Gasteiger partial charge is 0.00697 e. The molecule has 0 amide bonds. The summed E-state index contributed by atoms with van der Waals surface area (Å²) >= 11 is 0. The average molecular weight is 761 g/mol. The van der Waals surface area contributed by atoms with E-state index in [-0.39, 0.29) is 0 Å². The summed E-state index contributed by atoms with van der Waals surface area (Å²) in [6.45, 7) is 4.52. The molecule has 12 aromatic rings. The molecule has 0 heterocycles. The van der Waals surface area contributed by atoms with Gasteiger partial charge in [0.1, 0.15) is 0 Å². The summed E-state index contributed by atoms with van der Waals surface area (Å²) in [5, 5.41) is 17.7. The Balaban J connectivity index is 1.10. The van der Waals surface area contributed by atoms with Crippen molar-refractivity contribution in [3.8, 4) is 44.5 Å². The Hall–Kier alpha value is -7.54. The van der Waals surface area contributed by atoms with Crippen LogP contribution in [-0.2, 0) is 0 Å². The van der Waals surface area contributed by atoms with E-state index in [9.17, 15) is 0 Å². The summed E-state index contributed by atoms with van der Waals surface area (Å²) < 4.78 is 0. The summed E-state index contributed by atoms with van der Waals surface area (Å²) in [7, 11) is 0. The van der Waals surface area contributed by atoms with Gasteiger partial charge in [0.2, 0.25) is 0 Å². The third-order valence-corrected chi connectivity index (χ3v) is 13.0. The van der Waals surface area contributed by atoms with Gasteiger partial charge in [-0.15, -0.1) is 0 Å². The van der Waals surface area contributed by atoms with Crippen molar-refractivity contribution < 1.29 is 0 Å². The highest BCUT2D eigenvalue weighted by molar-refractivity contribution is 6.26. The average Bonchev–Trinajstić information content (AvgIpc) is 3.30. The molecule has 0 N–H and O–H groups in total. The van der Waals surface area contributed by atoms with Crippen LogP contribution >= 0.6 is 0 Å². The molecule has 0 unspecified atom stereocenters. The zero-order valence-corrected chi connectivity index (χ0v) is 33.6. The van der Waals surface area contributed by atoms with E-state index in [0.29, 0.717) is 0 Å². The number of hydrogen-bond acceptors (Lipinski definition) is 0. The van der Waals surface area contributed by atoms with Crippen molar-refractivity contribution >= 4 is 75.4 Å². The van der Waals surface area contributed by atoms with Crippen LogP contribution in [0.4, 0.5) is 0 Å². The fraction of sp³-hybridized carbons (Fsp3) is 0.0333. The summed E-state index contributed by atoms with van der Waals surface area (Å²) in [6, 6.07) is 77.1. The SMILES string of the molecule is Cc1ccc2ccccc2c1-c1cc2c3ccc(-c4ccc5cc(-c6ccc7ccccc7c6)ccc5c4)cc3c(-c3c(C)ccc4ccccc34)cc2c2ccccc12. The largest absolute Gasteiger partial charge is 0.0616 e. The van der Waals surface area contributed by atoms with E-state index < -0.39 is 0 Å². The van der Waals surface area contributed by atoms with E-state index in [1.807, 2.05) is 0 Å². The minimum atomic E-state index is 1.22. The molecule has 12 aromatic carbocycles. The summed E-state index contributed by atoms with van der Waals surface area (Å²) in [6.07, 6.45) is 0. The molecule has 0 nitrogen and oxygen atoms in total. The van der Waals surface area contributed by atoms with Crippen molar-refractivity contribution in [2.24, 2.45) is 0 Å². The minimum absolute atomic E-state index is 1.22. The highest BCUT2D eigenvalue weighted by Gasteiger charge is 2.19. The lowest BCUT2D eigenvalue weighted by molar-refractivity contribution is 1.50. The third kappa shape index (κ3) is 5.45. The van der Waals surface area contributed by atoms with Crippen molar-refractivity contribution in [1.29, 1.82) is 0 Å². The van der Waals surface area contributed by atoms with Crippen molar-refractivity contribution in [2.75, 3.05) is 0 Å². The fourth-order valence-electron chi connectivity index (χ4n) is 10.0. The van der Waals surface area contributed by atoms with E-state index in [2.05, 4.69) is 220 Å². The highest BCUT2D eigenvalue weighted by Crippen LogP contribution is 2.46. The number of aryl methyl sites for hydroxylation is 2. The molecule has 0 aliphatic carbocycles. The first kappa shape index (κ1) is 34.5. The fourth-order valence-corrected chi connectivity index (χ4v) is 10.0. The molecule has 0 heteroatoms. The van der Waals surface area contributed by atoms with Crippen LogP contribution in [0.1, 0.15) is 11.1 Å². The zero-order valence-electron chi connectivity index (χ0n) is 33.6. The Labute approximate surface area is 349 Å². The van der Waals surface area contributed by atoms with Crippen LogP contribution in [0.2, 0.25) is 0 Å². The Kier molecular flexibility index (Phi) is 7.77. The predicted octanol–water partition coefficient (Wildman–Crippen LogP) is 17.0. The Morgan fingerprint density at radius 3 is 1.15 bits per heavy atom.